The number of unbranched alkanes of at least 4 members (excludes halogenated alkanes) is 12. The number of carbonyl (C=O) groups is 6. The van der Waals surface area contributed by atoms with Crippen molar-refractivity contribution in [1.82, 2.24) is 63.0 Å². The van der Waals surface area contributed by atoms with Crippen molar-refractivity contribution in [2.45, 2.75) is 230 Å². The number of thioether (sulfide) groups is 4. The summed E-state index contributed by atoms with van der Waals surface area (Å²) in [6.07, 6.45) is 24.8. The molecule has 2 aromatic rings. The van der Waals surface area contributed by atoms with E-state index >= 15 is 0 Å². The normalized spacial score (nSPS) is 21.9. The van der Waals surface area contributed by atoms with Crippen molar-refractivity contribution in [2.75, 3.05) is 207 Å². The van der Waals surface area contributed by atoms with Crippen molar-refractivity contribution in [3.8, 4) is 0 Å². The van der Waals surface area contributed by atoms with Crippen molar-refractivity contribution >= 4 is 129 Å². The van der Waals surface area contributed by atoms with Crippen molar-refractivity contribution in [3.05, 3.63) is 68.8 Å². The van der Waals surface area contributed by atoms with E-state index in [0.29, 0.717) is 236 Å². The van der Waals surface area contributed by atoms with Gasteiger partial charge in [-0.1, -0.05) is 75.1 Å². The molecule has 34 nitrogen and oxygen atoms in total. The van der Waals surface area contributed by atoms with Crippen molar-refractivity contribution in [2.24, 2.45) is 42.9 Å². The fourth-order valence-electron chi connectivity index (χ4n) is 16.6. The molecule has 0 bridgehead atoms. The summed E-state index contributed by atoms with van der Waals surface area (Å²) in [6, 6.07) is 17.8. The SMILES string of the molecule is Cc1cccc(C(=O)NCCOCCOCCN(CC(=O)NCCCCOCCCCC[C@@H]2SC[C@@H]3NC(N)=N[C@@H]32)CC(=O)NCCCCOCCCCC[C@@H]2SC[C@@H]3NC(N)=N[C@@H]32)c1.NC1=N[C@H]2[C@H](CS[C@H]2CCCCCOCCCCNC(=O)CN(CCOCCOCCNC(=O)c2cccc(I)c2)CC(=O)NCCCCOCCCCC[C@@H]2SC[C@@H]3NC(N)=N[C@@H]32)N1. The first-order valence-electron chi connectivity index (χ1n) is 47.9. The molecule has 8 aliphatic rings. The zero-order chi connectivity index (χ0) is 91.8. The van der Waals surface area contributed by atoms with Crippen LogP contribution in [0.15, 0.2) is 68.5 Å². The highest BCUT2D eigenvalue weighted by molar-refractivity contribution is 14.1. The summed E-state index contributed by atoms with van der Waals surface area (Å²) in [4.78, 5) is 98.3. The molecule has 0 spiro atoms. The minimum absolute atomic E-state index is 0.0924. The number of nitrogens with zero attached hydrogens (tertiary/aromatic N) is 6. The van der Waals surface area contributed by atoms with E-state index in [2.05, 4.69) is 95.7 Å². The summed E-state index contributed by atoms with van der Waals surface area (Å²) in [7, 11) is 0. The molecule has 4 fully saturated rings. The number of guanidine groups is 4. The number of amides is 6. The monoisotopic (exact) mass is 2000 g/mol. The van der Waals surface area contributed by atoms with E-state index in [1.165, 1.54) is 25.7 Å². The molecule has 39 heteroatoms. The fourth-order valence-corrected chi connectivity index (χ4v) is 23.2. The number of aryl methyl sites for hydroxylation is 1. The highest BCUT2D eigenvalue weighted by Crippen LogP contribution is 2.39. The average Bonchev–Trinajstić information content (AvgIpc) is 1.68. The van der Waals surface area contributed by atoms with E-state index < -0.39 is 0 Å². The van der Waals surface area contributed by atoms with Crippen LogP contribution in [0.5, 0.6) is 0 Å². The molecule has 732 valence electrons. The molecule has 0 unspecified atom stereocenters. The highest BCUT2D eigenvalue weighted by Gasteiger charge is 2.43. The van der Waals surface area contributed by atoms with E-state index in [1.54, 1.807) is 12.1 Å². The first-order valence-corrected chi connectivity index (χ1v) is 53.1. The number of aliphatic imine (C=N–C) groups is 4. The Morgan fingerprint density at radius 2 is 0.623 bits per heavy atom. The minimum Gasteiger partial charge on any atom is -0.381 e. The van der Waals surface area contributed by atoms with E-state index in [9.17, 15) is 28.8 Å². The molecule has 0 radical (unpaired) electrons. The molecule has 130 heavy (non-hydrogen) atoms. The van der Waals surface area contributed by atoms with Gasteiger partial charge in [0.05, 0.1) is 127 Å². The van der Waals surface area contributed by atoms with E-state index in [0.717, 1.165) is 187 Å². The zero-order valence-electron chi connectivity index (χ0n) is 76.9. The van der Waals surface area contributed by atoms with Crippen LogP contribution >= 0.6 is 69.6 Å². The molecule has 0 aromatic heterocycles. The first kappa shape index (κ1) is 108. The fraction of sp³-hybridized carbons (Fsp3) is 0.758. The maximum Gasteiger partial charge on any atom is 0.251 e. The van der Waals surface area contributed by atoms with E-state index in [-0.39, 0.29) is 61.6 Å². The summed E-state index contributed by atoms with van der Waals surface area (Å²) >= 11 is 10.2. The van der Waals surface area contributed by atoms with E-state index in [1.807, 2.05) is 100 Å². The molecule has 8 heterocycles. The minimum atomic E-state index is -0.136. The molecule has 2 aromatic carbocycles. The summed E-state index contributed by atoms with van der Waals surface area (Å²) in [5.41, 5.74) is 25.7. The van der Waals surface area contributed by atoms with Crippen LogP contribution < -0.4 is 76.1 Å². The molecular formula is C91H153IN20O14S4. The van der Waals surface area contributed by atoms with Crippen molar-refractivity contribution < 1.29 is 66.7 Å². The third kappa shape index (κ3) is 43.8. The van der Waals surface area contributed by atoms with E-state index in [4.69, 9.17) is 60.8 Å². The summed E-state index contributed by atoms with van der Waals surface area (Å²) in [5, 5.41) is 33.1. The molecular weight excluding hydrogens is 1850 g/mol. The lowest BCUT2D eigenvalue weighted by atomic mass is 10.0. The Bertz CT molecular complexity index is 3340. The van der Waals surface area contributed by atoms with Gasteiger partial charge >= 0.3 is 0 Å². The van der Waals surface area contributed by atoms with Gasteiger partial charge in [0.2, 0.25) is 23.6 Å². The molecule has 8 aliphatic heterocycles. The van der Waals surface area contributed by atoms with Gasteiger partial charge in [0.25, 0.3) is 11.8 Å². The van der Waals surface area contributed by atoms with Crippen LogP contribution in [-0.2, 0) is 57.1 Å². The lowest BCUT2D eigenvalue weighted by molar-refractivity contribution is -0.127. The lowest BCUT2D eigenvalue weighted by Gasteiger charge is -2.21. The van der Waals surface area contributed by atoms with Crippen LogP contribution in [0, 0.1) is 10.5 Å². The van der Waals surface area contributed by atoms with Crippen LogP contribution in [0.3, 0.4) is 0 Å². The third-order valence-electron chi connectivity index (χ3n) is 23.6. The Balaban J connectivity index is 0.000000293. The molecule has 4 saturated heterocycles. The summed E-state index contributed by atoms with van der Waals surface area (Å²) < 4.78 is 47.3. The number of benzene rings is 2. The van der Waals surface area contributed by atoms with Crippen LogP contribution in [0.25, 0.3) is 0 Å². The zero-order valence-corrected chi connectivity index (χ0v) is 82.3. The summed E-state index contributed by atoms with van der Waals surface area (Å²) in [6.45, 7) is 14.7. The van der Waals surface area contributed by atoms with Crippen molar-refractivity contribution in [1.29, 1.82) is 0 Å². The predicted octanol–water partition coefficient (Wildman–Crippen LogP) is 5.39. The van der Waals surface area contributed by atoms with Gasteiger partial charge in [-0.2, -0.15) is 47.0 Å². The molecule has 0 aliphatic carbocycles. The Morgan fingerprint density at radius 3 is 0.923 bits per heavy atom. The molecule has 6 amide bonds. The van der Waals surface area contributed by atoms with Gasteiger partial charge in [-0.15, -0.1) is 0 Å². The maximum absolute atomic E-state index is 12.9. The topological polar surface area (TPSA) is 457 Å². The Labute approximate surface area is 802 Å². The Morgan fingerprint density at radius 1 is 0.346 bits per heavy atom. The quantitative estimate of drug-likeness (QED) is 0.0291. The Kier molecular flexibility index (Phi) is 53.8. The van der Waals surface area contributed by atoms with Crippen LogP contribution in [0.1, 0.15) is 180 Å². The van der Waals surface area contributed by atoms with Gasteiger partial charge in [0, 0.05) is 164 Å². The second-order valence-electron chi connectivity index (χ2n) is 34.3. The molecule has 10 rings (SSSR count). The van der Waals surface area contributed by atoms with Gasteiger partial charge in [-0.05, 0) is 163 Å². The van der Waals surface area contributed by atoms with Gasteiger partial charge in [0.15, 0.2) is 23.8 Å². The first-order chi connectivity index (χ1) is 63.5. The number of halogens is 1. The van der Waals surface area contributed by atoms with Gasteiger partial charge in [-0.3, -0.25) is 38.6 Å². The number of nitrogens with two attached hydrogens (primary N) is 4. The van der Waals surface area contributed by atoms with Crippen molar-refractivity contribution in [3.63, 3.8) is 0 Å². The average molecular weight is 2010 g/mol. The molecule has 0 saturated carbocycles. The number of hydrogen-bond acceptors (Lipinski definition) is 32. The lowest BCUT2D eigenvalue weighted by Crippen LogP contribution is -2.44. The number of nitrogens with one attached hydrogen (secondary N) is 10. The largest absolute Gasteiger partial charge is 0.381 e. The second kappa shape index (κ2) is 64.9. The number of ether oxygens (including phenoxy) is 8. The Hall–Kier alpha value is -5.93. The predicted molar refractivity (Wildman–Crippen MR) is 532 cm³/mol. The standard InChI is InChI=1S/C46H78N10O7S2.C45H75IN10O7S2/c1-34-13-12-14-35(29-34)44(59)51-19-25-62-27-28-63-26-20-56(30-40(57)49-17-6-10-23-60-21-8-2-4-15-38-42-36(32-64-38)52-45(47)54-42)31-41(58)50-18-7-11-24-61-22-9-3-5-16-39-43-37(33-65-39)53-46(48)55-43;46-34-13-11-12-33(28-34)43(59)51-18-24-62-26-27-63-25-19-56(29-39(57)49-16-5-9-22-60-20-7-1-3-14-37-41-35(31-64-37)52-44(47)54-41)30-40(58)50-17-6-10-23-61-21-8-2-4-15-38-42-36(32-65-38)53-45(48)55-42/h12-14,29,36-39,42-43H,2-11,15-28,30-33H2,1H3,(H,49,57)(H,50,58)(H,51,59)(H3,47,52,54)(H3,48,53,55);11-13,28,35-38,41-42H,1-10,14-27,29-32H2,(H,49,57)(H,50,58)(H,51,59)(H3,47,52,54)(H3,48,53,55)/t36-,37-,38-,39-,42-,43-;35-,36-,37-,38-,41-,42-/m00/s1. The highest BCUT2D eigenvalue weighted by atomic mass is 127. The van der Waals surface area contributed by atoms with Crippen LogP contribution in [0.4, 0.5) is 0 Å². The van der Waals surface area contributed by atoms with Crippen LogP contribution in [0.2, 0.25) is 0 Å². The smallest absolute Gasteiger partial charge is 0.251 e. The van der Waals surface area contributed by atoms with Gasteiger partial charge in [-0.25, -0.2) is 20.0 Å². The van der Waals surface area contributed by atoms with Crippen LogP contribution in [-0.4, -0.2) is 346 Å². The number of hydrogen-bond donors (Lipinski definition) is 14. The van der Waals surface area contributed by atoms with Gasteiger partial charge in [0.1, 0.15) is 0 Å². The maximum atomic E-state index is 12.9. The number of fused-ring (bicyclic) bond motifs is 4. The van der Waals surface area contributed by atoms with Gasteiger partial charge < -0.3 is 114 Å². The number of rotatable bonds is 72. The summed E-state index contributed by atoms with van der Waals surface area (Å²) in [5.74, 6) is 5.91. The molecule has 18 N–H and O–H groups in total. The number of carbonyl (C=O) groups excluding carboxylic acids is 6. The molecule has 12 atom stereocenters. The second-order valence-corrected chi connectivity index (χ2v) is 40.7. The third-order valence-corrected chi connectivity index (χ3v) is 30.3.